The first-order chi connectivity index (χ1) is 9.35. The van der Waals surface area contributed by atoms with Gasteiger partial charge in [0, 0.05) is 24.0 Å². The molecule has 0 radical (unpaired) electrons. The SMILES string of the molecule is CC(CCCN=[N+]=[N-])NCCCNC(=O)OC(C)(C)C. The Labute approximate surface area is 121 Å². The van der Waals surface area contributed by atoms with Crippen molar-refractivity contribution in [2.24, 2.45) is 5.11 Å². The summed E-state index contributed by atoms with van der Waals surface area (Å²) in [6.07, 6.45) is 2.33. The van der Waals surface area contributed by atoms with Crippen LogP contribution in [0.25, 0.3) is 10.4 Å². The number of azide groups is 1. The summed E-state index contributed by atoms with van der Waals surface area (Å²) in [5.41, 5.74) is 7.69. The van der Waals surface area contributed by atoms with Crippen molar-refractivity contribution in [3.63, 3.8) is 0 Å². The van der Waals surface area contributed by atoms with Crippen molar-refractivity contribution in [3.8, 4) is 0 Å². The van der Waals surface area contributed by atoms with Crippen molar-refractivity contribution in [1.82, 2.24) is 10.6 Å². The van der Waals surface area contributed by atoms with Gasteiger partial charge in [-0.2, -0.15) is 0 Å². The summed E-state index contributed by atoms with van der Waals surface area (Å²) in [5, 5.41) is 9.56. The highest BCUT2D eigenvalue weighted by Crippen LogP contribution is 2.06. The van der Waals surface area contributed by atoms with Gasteiger partial charge in [-0.3, -0.25) is 0 Å². The summed E-state index contributed by atoms with van der Waals surface area (Å²) in [6, 6.07) is 0.380. The number of ether oxygens (including phenoxy) is 1. The molecule has 20 heavy (non-hydrogen) atoms. The predicted molar refractivity (Wildman–Crippen MR) is 79.6 cm³/mol. The normalized spacial score (nSPS) is 12.4. The average Bonchev–Trinajstić information content (AvgIpc) is 2.32. The highest BCUT2D eigenvalue weighted by molar-refractivity contribution is 5.67. The highest BCUT2D eigenvalue weighted by Gasteiger charge is 2.15. The zero-order chi connectivity index (χ0) is 15.4. The van der Waals surface area contributed by atoms with E-state index in [4.69, 9.17) is 10.3 Å². The maximum absolute atomic E-state index is 11.4. The van der Waals surface area contributed by atoms with Crippen molar-refractivity contribution in [1.29, 1.82) is 0 Å². The van der Waals surface area contributed by atoms with Crippen LogP contribution < -0.4 is 10.6 Å². The van der Waals surface area contributed by atoms with Gasteiger partial charge >= 0.3 is 6.09 Å². The van der Waals surface area contributed by atoms with Gasteiger partial charge in [-0.15, -0.1) is 0 Å². The molecule has 7 heteroatoms. The van der Waals surface area contributed by atoms with Crippen molar-refractivity contribution in [2.45, 2.75) is 58.6 Å². The second kappa shape index (κ2) is 10.3. The molecule has 0 aromatic rings. The van der Waals surface area contributed by atoms with Crippen LogP contribution in [-0.4, -0.2) is 37.4 Å². The van der Waals surface area contributed by atoms with Crippen LogP contribution in [0.15, 0.2) is 5.11 Å². The van der Waals surface area contributed by atoms with Crippen LogP contribution in [0.1, 0.15) is 47.0 Å². The van der Waals surface area contributed by atoms with Gasteiger partial charge in [0.1, 0.15) is 5.60 Å². The molecule has 116 valence electrons. The van der Waals surface area contributed by atoms with Crippen molar-refractivity contribution < 1.29 is 9.53 Å². The third-order valence-electron chi connectivity index (χ3n) is 2.47. The first kappa shape index (κ1) is 18.5. The molecule has 0 aromatic carbocycles. The van der Waals surface area contributed by atoms with E-state index in [1.54, 1.807) is 0 Å². The van der Waals surface area contributed by atoms with Crippen molar-refractivity contribution >= 4 is 6.09 Å². The largest absolute Gasteiger partial charge is 0.444 e. The van der Waals surface area contributed by atoms with E-state index in [0.717, 1.165) is 25.8 Å². The third-order valence-corrected chi connectivity index (χ3v) is 2.47. The quantitative estimate of drug-likeness (QED) is 0.295. The first-order valence-electron chi connectivity index (χ1n) is 7.06. The van der Waals surface area contributed by atoms with E-state index in [0.29, 0.717) is 19.1 Å². The maximum Gasteiger partial charge on any atom is 0.407 e. The Morgan fingerprint density at radius 2 is 2.05 bits per heavy atom. The molecule has 0 fully saturated rings. The van der Waals surface area contributed by atoms with Gasteiger partial charge in [0.15, 0.2) is 0 Å². The average molecular weight is 285 g/mol. The molecule has 0 aliphatic heterocycles. The molecule has 0 heterocycles. The number of alkyl carbamates (subject to hydrolysis) is 1. The first-order valence-corrected chi connectivity index (χ1v) is 7.06. The van der Waals surface area contributed by atoms with Crippen LogP contribution in [0.2, 0.25) is 0 Å². The van der Waals surface area contributed by atoms with Crippen LogP contribution in [0, 0.1) is 0 Å². The van der Waals surface area contributed by atoms with Crippen molar-refractivity contribution in [3.05, 3.63) is 10.4 Å². The van der Waals surface area contributed by atoms with Crippen molar-refractivity contribution in [2.75, 3.05) is 19.6 Å². The second-order valence-electron chi connectivity index (χ2n) is 5.73. The van der Waals surface area contributed by atoms with Crippen LogP contribution >= 0.6 is 0 Å². The minimum atomic E-state index is -0.456. The van der Waals surface area contributed by atoms with Crippen LogP contribution in [0.3, 0.4) is 0 Å². The number of carbonyl (C=O) groups excluding carboxylic acids is 1. The Bertz CT molecular complexity index is 321. The number of hydrogen-bond acceptors (Lipinski definition) is 4. The molecule has 0 aliphatic carbocycles. The molecule has 0 aliphatic rings. The summed E-state index contributed by atoms with van der Waals surface area (Å²) >= 11 is 0. The highest BCUT2D eigenvalue weighted by atomic mass is 16.6. The van der Waals surface area contributed by atoms with Crippen LogP contribution in [-0.2, 0) is 4.74 Å². The molecule has 1 amide bonds. The molecule has 0 rings (SSSR count). The topological polar surface area (TPSA) is 99.1 Å². The Hall–Kier alpha value is -1.46. The number of hydrogen-bond donors (Lipinski definition) is 2. The summed E-state index contributed by atoms with van der Waals surface area (Å²) in [7, 11) is 0. The maximum atomic E-state index is 11.4. The molecule has 0 saturated carbocycles. The number of rotatable bonds is 9. The zero-order valence-corrected chi connectivity index (χ0v) is 13.0. The number of carbonyl (C=O) groups is 1. The zero-order valence-electron chi connectivity index (χ0n) is 13.0. The fourth-order valence-corrected chi connectivity index (χ4v) is 1.56. The lowest BCUT2D eigenvalue weighted by atomic mass is 10.2. The fraction of sp³-hybridized carbons (Fsp3) is 0.923. The molecular formula is C13H27N5O2. The molecule has 2 N–H and O–H groups in total. The van der Waals surface area contributed by atoms with Gasteiger partial charge in [0.05, 0.1) is 0 Å². The molecule has 0 spiro atoms. The Morgan fingerprint density at radius 1 is 1.35 bits per heavy atom. The van der Waals surface area contributed by atoms with Crippen LogP contribution in [0.4, 0.5) is 4.79 Å². The van der Waals surface area contributed by atoms with Gasteiger partial charge in [-0.05, 0) is 59.0 Å². The van der Waals surface area contributed by atoms with E-state index in [-0.39, 0.29) is 6.09 Å². The minimum absolute atomic E-state index is 0.375. The van der Waals surface area contributed by atoms with Gasteiger partial charge in [0.25, 0.3) is 0 Å². The summed E-state index contributed by atoms with van der Waals surface area (Å²) in [5.74, 6) is 0. The molecule has 0 saturated heterocycles. The lowest BCUT2D eigenvalue weighted by molar-refractivity contribution is 0.0527. The summed E-state index contributed by atoms with van der Waals surface area (Å²) in [4.78, 5) is 14.1. The smallest absolute Gasteiger partial charge is 0.407 e. The Morgan fingerprint density at radius 3 is 2.65 bits per heavy atom. The lowest BCUT2D eigenvalue weighted by Gasteiger charge is -2.19. The standard InChI is InChI=1S/C13H27N5O2/c1-11(7-5-10-17-18-14)15-8-6-9-16-12(19)20-13(2,3)4/h11,15H,5-10H2,1-4H3,(H,16,19). The Kier molecular flexibility index (Phi) is 9.59. The van der Waals surface area contributed by atoms with Gasteiger partial charge in [-0.25, -0.2) is 4.79 Å². The lowest BCUT2D eigenvalue weighted by Crippen LogP contribution is -2.34. The van der Waals surface area contributed by atoms with E-state index >= 15 is 0 Å². The van der Waals surface area contributed by atoms with Crippen LogP contribution in [0.5, 0.6) is 0 Å². The Balaban J connectivity index is 3.47. The predicted octanol–water partition coefficient (Wildman–Crippen LogP) is 2.97. The molecular weight excluding hydrogens is 258 g/mol. The fourth-order valence-electron chi connectivity index (χ4n) is 1.56. The number of nitrogens with zero attached hydrogens (tertiary/aromatic N) is 3. The second-order valence-corrected chi connectivity index (χ2v) is 5.73. The summed E-state index contributed by atoms with van der Waals surface area (Å²) < 4.78 is 5.13. The van der Waals surface area contributed by atoms with Gasteiger partial charge in [-0.1, -0.05) is 5.11 Å². The minimum Gasteiger partial charge on any atom is -0.444 e. The van der Waals surface area contributed by atoms with Gasteiger partial charge < -0.3 is 15.4 Å². The molecule has 1 unspecified atom stereocenters. The van der Waals surface area contributed by atoms with E-state index in [9.17, 15) is 4.79 Å². The monoisotopic (exact) mass is 285 g/mol. The van der Waals surface area contributed by atoms with E-state index in [2.05, 4.69) is 27.6 Å². The van der Waals surface area contributed by atoms with E-state index in [1.807, 2.05) is 20.8 Å². The number of nitrogens with one attached hydrogen (secondary N) is 2. The molecule has 0 aromatic heterocycles. The summed E-state index contributed by atoms with van der Waals surface area (Å²) in [6.45, 7) is 9.58. The molecule has 0 bridgehead atoms. The number of amides is 1. The third kappa shape index (κ3) is 13.0. The van der Waals surface area contributed by atoms with E-state index in [1.165, 1.54) is 0 Å². The van der Waals surface area contributed by atoms with E-state index < -0.39 is 5.60 Å². The molecule has 7 nitrogen and oxygen atoms in total. The molecule has 1 atom stereocenters. The van der Waals surface area contributed by atoms with Gasteiger partial charge in [0.2, 0.25) is 0 Å².